The standard InChI is InChI=1S/C56H68N2O6S/c1-5-9-13-23-31-61-47-37-45(49(35-43(47)39-59)63-33-25-15-11-7-3)55-53-54(58-52(42-29-21-18-22-30-42)51(57-53)41-27-19-17-20-28-41)56(65-55)46-38-48(62-32-24-14-10-6-2)44(40-60)36-50(46)64-34-26-16-12-8-4/h17-22,27-30,35-40H,5-16,23-26,31-34H2,1-4H3. The van der Waals surface area contributed by atoms with Gasteiger partial charge in [0.2, 0.25) is 0 Å². The van der Waals surface area contributed by atoms with Gasteiger partial charge in [0.15, 0.2) is 12.6 Å². The molecule has 9 heteroatoms. The Hall–Kier alpha value is -5.54. The molecule has 8 nitrogen and oxygen atoms in total. The molecule has 6 rings (SSSR count). The van der Waals surface area contributed by atoms with Crippen molar-refractivity contribution >= 4 is 34.9 Å². The van der Waals surface area contributed by atoms with Gasteiger partial charge < -0.3 is 18.9 Å². The second-order valence-electron chi connectivity index (χ2n) is 16.8. The summed E-state index contributed by atoms with van der Waals surface area (Å²) in [6, 6.07) is 27.9. The number of carbonyl (C=O) groups is 2. The number of carbonyl (C=O) groups excluding carboxylic acids is 2. The van der Waals surface area contributed by atoms with Crippen LogP contribution in [0.2, 0.25) is 0 Å². The highest BCUT2D eigenvalue weighted by molar-refractivity contribution is 7.21. The fourth-order valence-corrected chi connectivity index (χ4v) is 9.15. The molecule has 2 heterocycles. The largest absolute Gasteiger partial charge is 0.493 e. The molecule has 0 aliphatic heterocycles. The SMILES string of the molecule is CCCCCCOc1cc(-c2sc(-c3cc(OCCCCCC)c(C=O)cc3OCCCCCC)c3nc(-c4ccccc4)c(-c4ccccc4)nc23)c(OCCCCCC)cc1C=O. The number of ether oxygens (including phenoxy) is 4. The Labute approximate surface area is 391 Å². The van der Waals surface area contributed by atoms with Gasteiger partial charge >= 0.3 is 0 Å². The lowest BCUT2D eigenvalue weighted by Crippen LogP contribution is -2.04. The molecule has 0 aliphatic rings. The van der Waals surface area contributed by atoms with Gasteiger partial charge in [0.25, 0.3) is 0 Å². The fourth-order valence-electron chi connectivity index (χ4n) is 7.93. The highest BCUT2D eigenvalue weighted by Crippen LogP contribution is 2.51. The number of hydrogen-bond donors (Lipinski definition) is 0. The topological polar surface area (TPSA) is 96.8 Å². The zero-order valence-corrected chi connectivity index (χ0v) is 39.9. The second-order valence-corrected chi connectivity index (χ2v) is 17.8. The Morgan fingerprint density at radius 1 is 0.431 bits per heavy atom. The van der Waals surface area contributed by atoms with E-state index in [0.717, 1.165) is 159 Å². The summed E-state index contributed by atoms with van der Waals surface area (Å²) in [4.78, 5) is 38.3. The summed E-state index contributed by atoms with van der Waals surface area (Å²) < 4.78 is 26.2. The summed E-state index contributed by atoms with van der Waals surface area (Å²) in [6.45, 7) is 10.8. The molecule has 0 unspecified atom stereocenters. The molecule has 0 amide bonds. The van der Waals surface area contributed by atoms with Gasteiger partial charge in [0.05, 0.1) is 58.7 Å². The molecule has 2 aromatic heterocycles. The van der Waals surface area contributed by atoms with E-state index in [1.807, 2.05) is 60.7 Å². The van der Waals surface area contributed by atoms with Crippen molar-refractivity contribution in [2.24, 2.45) is 0 Å². The molecular formula is C56H68N2O6S. The lowest BCUT2D eigenvalue weighted by Gasteiger charge is -2.16. The lowest BCUT2D eigenvalue weighted by atomic mass is 10.0. The van der Waals surface area contributed by atoms with Crippen LogP contribution in [0.1, 0.15) is 151 Å². The van der Waals surface area contributed by atoms with Crippen molar-refractivity contribution in [3.8, 4) is 66.4 Å². The van der Waals surface area contributed by atoms with E-state index in [2.05, 4.69) is 52.0 Å². The monoisotopic (exact) mass is 896 g/mol. The van der Waals surface area contributed by atoms with E-state index < -0.39 is 0 Å². The normalized spacial score (nSPS) is 11.2. The molecule has 4 aromatic carbocycles. The number of rotatable bonds is 30. The quantitative estimate of drug-likeness (QED) is 0.0326. The number of fused-ring (bicyclic) bond motifs is 1. The van der Waals surface area contributed by atoms with Crippen molar-refractivity contribution in [2.75, 3.05) is 26.4 Å². The van der Waals surface area contributed by atoms with Crippen molar-refractivity contribution in [2.45, 2.75) is 130 Å². The highest BCUT2D eigenvalue weighted by Gasteiger charge is 2.27. The Balaban J connectivity index is 1.64. The third-order valence-corrected chi connectivity index (χ3v) is 12.8. The number of benzene rings is 4. The molecule has 6 aromatic rings. The maximum atomic E-state index is 12.7. The van der Waals surface area contributed by atoms with Crippen LogP contribution in [0.5, 0.6) is 23.0 Å². The zero-order chi connectivity index (χ0) is 45.6. The minimum Gasteiger partial charge on any atom is -0.493 e. The Morgan fingerprint density at radius 2 is 0.769 bits per heavy atom. The lowest BCUT2D eigenvalue weighted by molar-refractivity contribution is 0.111. The number of unbranched alkanes of at least 4 members (excludes halogenated alkanes) is 12. The first-order valence-electron chi connectivity index (χ1n) is 24.3. The summed E-state index contributed by atoms with van der Waals surface area (Å²) >= 11 is 1.55. The van der Waals surface area contributed by atoms with Crippen molar-refractivity contribution in [3.63, 3.8) is 0 Å². The molecule has 344 valence electrons. The van der Waals surface area contributed by atoms with Crippen molar-refractivity contribution in [3.05, 3.63) is 96.1 Å². The third-order valence-electron chi connectivity index (χ3n) is 11.6. The third kappa shape index (κ3) is 13.3. The number of aldehydes is 2. The molecule has 0 fully saturated rings. The Kier molecular flexibility index (Phi) is 19.9. The van der Waals surface area contributed by atoms with Crippen LogP contribution in [0.15, 0.2) is 84.9 Å². The molecule has 0 aliphatic carbocycles. The van der Waals surface area contributed by atoms with Crippen LogP contribution < -0.4 is 18.9 Å². The first-order valence-corrected chi connectivity index (χ1v) is 25.1. The average Bonchev–Trinajstić information content (AvgIpc) is 3.72. The molecule has 0 bridgehead atoms. The van der Waals surface area contributed by atoms with Gasteiger partial charge in [0, 0.05) is 22.3 Å². The van der Waals surface area contributed by atoms with Crippen LogP contribution in [0.25, 0.3) is 54.4 Å². The number of nitrogens with zero attached hydrogens (tertiary/aromatic N) is 2. The minimum absolute atomic E-state index is 0.445. The van der Waals surface area contributed by atoms with Crippen molar-refractivity contribution in [1.29, 1.82) is 0 Å². The van der Waals surface area contributed by atoms with Gasteiger partial charge in [-0.05, 0) is 49.9 Å². The maximum Gasteiger partial charge on any atom is 0.153 e. The number of thiophene rings is 1. The molecule has 0 saturated carbocycles. The molecule has 65 heavy (non-hydrogen) atoms. The summed E-state index contributed by atoms with van der Waals surface area (Å²) in [5.74, 6) is 2.20. The van der Waals surface area contributed by atoms with E-state index >= 15 is 0 Å². The minimum atomic E-state index is 0.445. The van der Waals surface area contributed by atoms with E-state index in [4.69, 9.17) is 28.9 Å². The summed E-state index contributed by atoms with van der Waals surface area (Å²) in [6.07, 6.45) is 18.4. The van der Waals surface area contributed by atoms with Crippen LogP contribution in [0.3, 0.4) is 0 Å². The van der Waals surface area contributed by atoms with Gasteiger partial charge in [0.1, 0.15) is 34.0 Å². The fraction of sp³-hybridized carbons (Fsp3) is 0.429. The second kappa shape index (κ2) is 26.4. The van der Waals surface area contributed by atoms with E-state index in [-0.39, 0.29) is 0 Å². The predicted octanol–water partition coefficient (Wildman–Crippen LogP) is 15.8. The van der Waals surface area contributed by atoms with Gasteiger partial charge in [-0.3, -0.25) is 9.59 Å². The van der Waals surface area contributed by atoms with Gasteiger partial charge in [-0.2, -0.15) is 0 Å². The highest BCUT2D eigenvalue weighted by atomic mass is 32.1. The zero-order valence-electron chi connectivity index (χ0n) is 39.1. The molecule has 0 saturated heterocycles. The molecule has 0 spiro atoms. The summed E-state index contributed by atoms with van der Waals surface area (Å²) in [5, 5.41) is 0. The number of hydrogen-bond acceptors (Lipinski definition) is 9. The average molecular weight is 897 g/mol. The van der Waals surface area contributed by atoms with Crippen LogP contribution in [0, 0.1) is 0 Å². The van der Waals surface area contributed by atoms with Crippen LogP contribution in [-0.2, 0) is 0 Å². The van der Waals surface area contributed by atoms with Gasteiger partial charge in [-0.25, -0.2) is 9.97 Å². The first kappa shape index (κ1) is 48.9. The van der Waals surface area contributed by atoms with E-state index in [0.29, 0.717) is 71.6 Å². The Bertz CT molecular complexity index is 2230. The maximum absolute atomic E-state index is 12.7. The Morgan fingerprint density at radius 3 is 1.09 bits per heavy atom. The molecular weight excluding hydrogens is 829 g/mol. The van der Waals surface area contributed by atoms with E-state index in [9.17, 15) is 9.59 Å². The van der Waals surface area contributed by atoms with E-state index in [1.54, 1.807) is 11.3 Å². The van der Waals surface area contributed by atoms with Crippen LogP contribution >= 0.6 is 11.3 Å². The number of aromatic nitrogens is 2. The molecule has 0 atom stereocenters. The van der Waals surface area contributed by atoms with Crippen LogP contribution in [0.4, 0.5) is 0 Å². The van der Waals surface area contributed by atoms with Gasteiger partial charge in [-0.1, -0.05) is 165 Å². The summed E-state index contributed by atoms with van der Waals surface area (Å²) in [7, 11) is 0. The smallest absolute Gasteiger partial charge is 0.153 e. The predicted molar refractivity (Wildman–Crippen MR) is 268 cm³/mol. The first-order chi connectivity index (χ1) is 32.0. The van der Waals surface area contributed by atoms with Gasteiger partial charge in [-0.15, -0.1) is 11.3 Å². The van der Waals surface area contributed by atoms with Crippen LogP contribution in [-0.4, -0.2) is 49.0 Å². The van der Waals surface area contributed by atoms with Crippen molar-refractivity contribution < 1.29 is 28.5 Å². The molecule has 0 radical (unpaired) electrons. The van der Waals surface area contributed by atoms with Crippen molar-refractivity contribution in [1.82, 2.24) is 9.97 Å². The van der Waals surface area contributed by atoms with E-state index in [1.165, 1.54) is 0 Å². The molecule has 0 N–H and O–H groups in total. The summed E-state index contributed by atoms with van der Waals surface area (Å²) in [5.41, 5.74) is 7.16.